The number of hydrogen-bond donors (Lipinski definition) is 2. The van der Waals surface area contributed by atoms with Crippen LogP contribution in [-0.4, -0.2) is 36.9 Å². The van der Waals surface area contributed by atoms with E-state index < -0.39 is 5.54 Å². The third-order valence-corrected chi connectivity index (χ3v) is 6.13. The number of fused-ring (bicyclic) bond motifs is 6. The van der Waals surface area contributed by atoms with Gasteiger partial charge in [0, 0.05) is 53.8 Å². The number of amides is 1. The van der Waals surface area contributed by atoms with Crippen LogP contribution in [0.4, 0.5) is 0 Å². The highest BCUT2D eigenvalue weighted by Crippen LogP contribution is 2.58. The Labute approximate surface area is 188 Å². The molecule has 0 radical (unpaired) electrons. The van der Waals surface area contributed by atoms with Gasteiger partial charge in [0.25, 0.3) is 5.91 Å². The highest BCUT2D eigenvalue weighted by atomic mass is 16.5. The zero-order valence-corrected chi connectivity index (χ0v) is 17.5. The molecule has 3 heterocycles. The number of aromatic hydroxyl groups is 2. The molecule has 2 aliphatic rings. The number of aromatic nitrogens is 2. The number of carbonyl (C=O) groups excluding carboxylic acids is 1. The largest absolute Gasteiger partial charge is 0.508 e. The molecule has 1 amide bonds. The quantitative estimate of drug-likeness (QED) is 0.465. The monoisotopic (exact) mass is 438 g/mol. The molecule has 2 aliphatic heterocycles. The number of carbonyl (C=O) groups is 1. The molecule has 0 aliphatic carbocycles. The maximum absolute atomic E-state index is 13.7. The maximum Gasteiger partial charge on any atom is 0.275 e. The molecular weight excluding hydrogens is 420 g/mol. The smallest absolute Gasteiger partial charge is 0.275 e. The molecule has 8 nitrogen and oxygen atoms in total. The predicted molar refractivity (Wildman–Crippen MR) is 120 cm³/mol. The van der Waals surface area contributed by atoms with Gasteiger partial charge in [0.15, 0.2) is 5.82 Å². The van der Waals surface area contributed by atoms with Crippen LogP contribution in [0.15, 0.2) is 78.2 Å². The van der Waals surface area contributed by atoms with Gasteiger partial charge in [0.05, 0.1) is 6.21 Å². The highest BCUT2D eigenvalue weighted by Gasteiger charge is 2.57. The SMILES string of the molecule is Cn1ccnc1/C=N/N1C(=O)c2ccccc2C12c1ccc(O)cc1Oc1cc(O)ccc12. The van der Waals surface area contributed by atoms with Crippen LogP contribution >= 0.6 is 0 Å². The average molecular weight is 438 g/mol. The summed E-state index contributed by atoms with van der Waals surface area (Å²) < 4.78 is 7.87. The molecule has 0 saturated heterocycles. The van der Waals surface area contributed by atoms with Crippen LogP contribution in [0.25, 0.3) is 0 Å². The maximum atomic E-state index is 13.7. The summed E-state index contributed by atoms with van der Waals surface area (Å²) in [6, 6.07) is 16.9. The van der Waals surface area contributed by atoms with E-state index >= 15 is 0 Å². The molecule has 0 saturated carbocycles. The Morgan fingerprint density at radius 3 is 2.27 bits per heavy atom. The standard InChI is InChI=1S/C25H18N4O4/c1-28-11-10-26-23(28)14-27-29-24(32)17-4-2-3-5-18(17)25(29)19-8-6-15(30)12-21(19)33-22-13-16(31)7-9-20(22)25/h2-14,30-31H,1H3/b27-14+. The lowest BCUT2D eigenvalue weighted by Gasteiger charge is -2.41. The summed E-state index contributed by atoms with van der Waals surface area (Å²) in [5, 5.41) is 26.4. The van der Waals surface area contributed by atoms with Gasteiger partial charge in [-0.25, -0.2) is 9.99 Å². The molecule has 8 heteroatoms. The number of aryl methyl sites for hydroxylation is 1. The van der Waals surface area contributed by atoms with Crippen LogP contribution in [-0.2, 0) is 12.6 Å². The number of ether oxygens (including phenoxy) is 1. The Hall–Kier alpha value is -4.59. The second kappa shape index (κ2) is 6.70. The Kier molecular flexibility index (Phi) is 3.88. The van der Waals surface area contributed by atoms with E-state index in [1.807, 2.05) is 25.2 Å². The molecule has 0 unspecified atom stereocenters. The molecule has 0 bridgehead atoms. The van der Waals surface area contributed by atoms with Gasteiger partial charge in [-0.05, 0) is 30.3 Å². The van der Waals surface area contributed by atoms with Crippen LogP contribution in [0.2, 0.25) is 0 Å². The molecule has 0 atom stereocenters. The Bertz CT molecular complexity index is 1420. The molecule has 4 aromatic rings. The Morgan fingerprint density at radius 1 is 0.970 bits per heavy atom. The summed E-state index contributed by atoms with van der Waals surface area (Å²) in [4.78, 5) is 18.0. The van der Waals surface area contributed by atoms with Gasteiger partial charge in [0.1, 0.15) is 28.5 Å². The third-order valence-electron chi connectivity index (χ3n) is 6.13. The Balaban J connectivity index is 1.70. The van der Waals surface area contributed by atoms with Gasteiger partial charge in [-0.1, -0.05) is 18.2 Å². The number of phenolic OH excluding ortho intramolecular Hbond substituents is 2. The fraction of sp³-hybridized carbons (Fsp3) is 0.0800. The number of benzene rings is 3. The molecule has 33 heavy (non-hydrogen) atoms. The lowest BCUT2D eigenvalue weighted by atomic mass is 9.75. The zero-order valence-electron chi connectivity index (χ0n) is 17.5. The molecular formula is C25H18N4O4. The lowest BCUT2D eigenvalue weighted by Crippen LogP contribution is -2.44. The predicted octanol–water partition coefficient (Wildman–Crippen LogP) is 3.72. The van der Waals surface area contributed by atoms with E-state index in [1.54, 1.807) is 53.5 Å². The van der Waals surface area contributed by atoms with Crippen molar-refractivity contribution in [2.75, 3.05) is 0 Å². The van der Waals surface area contributed by atoms with Gasteiger partial charge in [-0.3, -0.25) is 4.79 Å². The van der Waals surface area contributed by atoms with Gasteiger partial charge < -0.3 is 19.5 Å². The highest BCUT2D eigenvalue weighted by molar-refractivity contribution is 6.02. The van der Waals surface area contributed by atoms with Crippen molar-refractivity contribution < 1.29 is 19.7 Å². The van der Waals surface area contributed by atoms with E-state index in [2.05, 4.69) is 10.1 Å². The minimum Gasteiger partial charge on any atom is -0.508 e. The summed E-state index contributed by atoms with van der Waals surface area (Å²) >= 11 is 0. The van der Waals surface area contributed by atoms with E-state index in [-0.39, 0.29) is 17.4 Å². The molecule has 1 aromatic heterocycles. The van der Waals surface area contributed by atoms with Gasteiger partial charge in [-0.15, -0.1) is 0 Å². The second-order valence-corrected chi connectivity index (χ2v) is 7.98. The van der Waals surface area contributed by atoms with Crippen molar-refractivity contribution in [3.05, 3.63) is 101 Å². The summed E-state index contributed by atoms with van der Waals surface area (Å²) in [7, 11) is 1.84. The molecule has 162 valence electrons. The number of imidazole rings is 1. The average Bonchev–Trinajstić information content (AvgIpc) is 3.32. The van der Waals surface area contributed by atoms with Crippen LogP contribution in [0.5, 0.6) is 23.0 Å². The number of nitrogens with zero attached hydrogens (tertiary/aromatic N) is 4. The topological polar surface area (TPSA) is 100 Å². The first-order chi connectivity index (χ1) is 16.0. The molecule has 3 aromatic carbocycles. The van der Waals surface area contributed by atoms with E-state index in [0.29, 0.717) is 34.0 Å². The van der Waals surface area contributed by atoms with Crippen molar-refractivity contribution in [2.24, 2.45) is 12.1 Å². The van der Waals surface area contributed by atoms with Crippen molar-refractivity contribution in [1.82, 2.24) is 14.6 Å². The first-order valence-corrected chi connectivity index (χ1v) is 10.3. The van der Waals surface area contributed by atoms with E-state index in [9.17, 15) is 15.0 Å². The number of hydrogen-bond acceptors (Lipinski definition) is 6. The normalized spacial score (nSPS) is 15.4. The fourth-order valence-corrected chi connectivity index (χ4v) is 4.69. The van der Waals surface area contributed by atoms with Crippen molar-refractivity contribution in [2.45, 2.75) is 5.54 Å². The third kappa shape index (κ3) is 2.54. The van der Waals surface area contributed by atoms with Gasteiger partial charge >= 0.3 is 0 Å². The van der Waals surface area contributed by atoms with Crippen molar-refractivity contribution in [3.8, 4) is 23.0 Å². The summed E-state index contributed by atoms with van der Waals surface area (Å²) in [6.45, 7) is 0. The number of rotatable bonds is 2. The van der Waals surface area contributed by atoms with Crippen LogP contribution in [0.1, 0.15) is 32.9 Å². The summed E-state index contributed by atoms with van der Waals surface area (Å²) in [6.07, 6.45) is 4.99. The minimum atomic E-state index is -1.17. The first-order valence-electron chi connectivity index (χ1n) is 10.3. The van der Waals surface area contributed by atoms with Crippen LogP contribution in [0.3, 0.4) is 0 Å². The zero-order chi connectivity index (χ0) is 22.7. The van der Waals surface area contributed by atoms with Gasteiger partial charge in [-0.2, -0.15) is 5.10 Å². The lowest BCUT2D eigenvalue weighted by molar-refractivity contribution is 0.0675. The van der Waals surface area contributed by atoms with Crippen molar-refractivity contribution >= 4 is 12.1 Å². The molecule has 0 fully saturated rings. The first kappa shape index (κ1) is 19.1. The van der Waals surface area contributed by atoms with Crippen molar-refractivity contribution in [1.29, 1.82) is 0 Å². The number of hydrazone groups is 1. The second-order valence-electron chi connectivity index (χ2n) is 7.98. The van der Waals surface area contributed by atoms with Crippen molar-refractivity contribution in [3.63, 3.8) is 0 Å². The molecule has 2 N–H and O–H groups in total. The van der Waals surface area contributed by atoms with Gasteiger partial charge in [0.2, 0.25) is 0 Å². The Morgan fingerprint density at radius 2 is 1.64 bits per heavy atom. The summed E-state index contributed by atoms with van der Waals surface area (Å²) in [5.41, 5.74) is 1.37. The van der Waals surface area contributed by atoms with E-state index in [4.69, 9.17) is 4.74 Å². The summed E-state index contributed by atoms with van der Waals surface area (Å²) in [5.74, 6) is 1.08. The fourth-order valence-electron chi connectivity index (χ4n) is 4.69. The van der Waals surface area contributed by atoms with E-state index in [1.165, 1.54) is 17.1 Å². The molecule has 6 rings (SSSR count). The molecule has 1 spiro atoms. The van der Waals surface area contributed by atoms with E-state index in [0.717, 1.165) is 5.56 Å². The number of phenols is 2. The van der Waals surface area contributed by atoms with Crippen LogP contribution in [0, 0.1) is 0 Å². The van der Waals surface area contributed by atoms with Crippen LogP contribution < -0.4 is 4.74 Å². The minimum absolute atomic E-state index is 0.0215.